The smallest absolute Gasteiger partial charge is 0.316 e. The fourth-order valence-electron chi connectivity index (χ4n) is 1.48. The number of rotatable bonds is 7. The minimum atomic E-state index is -0.339. The van der Waals surface area contributed by atoms with E-state index in [-0.39, 0.29) is 22.9 Å². The molecule has 0 aliphatic carbocycles. The molecule has 0 aliphatic rings. The lowest BCUT2D eigenvalue weighted by Gasteiger charge is -2.10. The Morgan fingerprint density at radius 3 is 2.71 bits per heavy atom. The van der Waals surface area contributed by atoms with Crippen LogP contribution in [0.1, 0.15) is 6.92 Å². The van der Waals surface area contributed by atoms with Gasteiger partial charge < -0.3 is 4.74 Å². The molecule has 0 saturated heterocycles. The molecule has 0 spiro atoms. The largest absolute Gasteiger partial charge is 0.468 e. The van der Waals surface area contributed by atoms with E-state index in [4.69, 9.17) is 11.6 Å². The Bertz CT molecular complexity index is 709. The summed E-state index contributed by atoms with van der Waals surface area (Å²) in [6.45, 7) is 1.81. The SMILES string of the molecule is COC(=O)CSc1nnc(NC(=O)C(C)Sc2ccc(Cl)cc2)s1. The molecule has 1 N–H and O–H groups in total. The Morgan fingerprint density at radius 2 is 2.04 bits per heavy atom. The Labute approximate surface area is 156 Å². The number of amides is 1. The predicted molar refractivity (Wildman–Crippen MR) is 98.0 cm³/mol. The van der Waals surface area contributed by atoms with E-state index in [1.807, 2.05) is 19.1 Å². The van der Waals surface area contributed by atoms with Crippen LogP contribution < -0.4 is 5.32 Å². The van der Waals surface area contributed by atoms with Crippen LogP contribution in [0.2, 0.25) is 5.02 Å². The summed E-state index contributed by atoms with van der Waals surface area (Å²) in [7, 11) is 1.33. The molecule has 1 heterocycles. The van der Waals surface area contributed by atoms with Crippen LogP contribution in [0.25, 0.3) is 0 Å². The van der Waals surface area contributed by atoms with Gasteiger partial charge in [0.15, 0.2) is 4.34 Å². The number of anilines is 1. The van der Waals surface area contributed by atoms with Crippen LogP contribution in [0.4, 0.5) is 5.13 Å². The van der Waals surface area contributed by atoms with Crippen LogP contribution in [0, 0.1) is 0 Å². The lowest BCUT2D eigenvalue weighted by Crippen LogP contribution is -2.22. The first kappa shape index (κ1) is 19.0. The molecular formula is C14H14ClN3O3S3. The van der Waals surface area contributed by atoms with Gasteiger partial charge in [-0.05, 0) is 31.2 Å². The lowest BCUT2D eigenvalue weighted by molar-refractivity contribution is -0.137. The molecule has 1 amide bonds. The highest BCUT2D eigenvalue weighted by atomic mass is 35.5. The molecule has 2 aromatic rings. The van der Waals surface area contributed by atoms with Crippen LogP contribution in [-0.4, -0.2) is 40.2 Å². The number of thioether (sulfide) groups is 2. The third-order valence-electron chi connectivity index (χ3n) is 2.67. The van der Waals surface area contributed by atoms with Crippen molar-refractivity contribution in [3.8, 4) is 0 Å². The van der Waals surface area contributed by atoms with Crippen molar-refractivity contribution in [3.63, 3.8) is 0 Å². The first-order chi connectivity index (χ1) is 11.5. The summed E-state index contributed by atoms with van der Waals surface area (Å²) in [5.74, 6) is -0.355. The molecule has 1 aromatic carbocycles. The molecule has 1 atom stereocenters. The molecule has 6 nitrogen and oxygen atoms in total. The molecule has 0 radical (unpaired) electrons. The third kappa shape index (κ3) is 5.97. The number of benzene rings is 1. The molecule has 24 heavy (non-hydrogen) atoms. The summed E-state index contributed by atoms with van der Waals surface area (Å²) in [6.07, 6.45) is 0. The number of esters is 1. The second-order valence-electron chi connectivity index (χ2n) is 4.44. The van der Waals surface area contributed by atoms with E-state index in [1.54, 1.807) is 12.1 Å². The second-order valence-corrected chi connectivity index (χ2v) is 8.49. The van der Waals surface area contributed by atoms with E-state index < -0.39 is 0 Å². The summed E-state index contributed by atoms with van der Waals surface area (Å²) in [5, 5.41) is 11.3. The zero-order valence-corrected chi connectivity index (χ0v) is 16.0. The first-order valence-electron chi connectivity index (χ1n) is 6.74. The van der Waals surface area contributed by atoms with Gasteiger partial charge in [0, 0.05) is 9.92 Å². The third-order valence-corrected chi connectivity index (χ3v) is 5.98. The van der Waals surface area contributed by atoms with Crippen molar-refractivity contribution in [1.29, 1.82) is 0 Å². The van der Waals surface area contributed by atoms with Crippen LogP contribution >= 0.6 is 46.5 Å². The molecule has 0 fully saturated rings. The summed E-state index contributed by atoms with van der Waals surface area (Å²) >= 11 is 9.69. The minimum Gasteiger partial charge on any atom is -0.468 e. The van der Waals surface area contributed by atoms with Gasteiger partial charge in [-0.25, -0.2) is 0 Å². The number of hydrogen-bond donors (Lipinski definition) is 1. The number of nitrogens with zero attached hydrogens (tertiary/aromatic N) is 2. The number of halogens is 1. The van der Waals surface area contributed by atoms with Crippen molar-refractivity contribution >= 4 is 63.5 Å². The van der Waals surface area contributed by atoms with E-state index in [2.05, 4.69) is 20.3 Å². The fourth-order valence-corrected chi connectivity index (χ4v) is 4.06. The van der Waals surface area contributed by atoms with E-state index in [9.17, 15) is 9.59 Å². The van der Waals surface area contributed by atoms with Gasteiger partial charge in [0.1, 0.15) is 0 Å². The molecule has 2 rings (SSSR count). The maximum atomic E-state index is 12.2. The zero-order valence-electron chi connectivity index (χ0n) is 12.8. The number of nitrogens with one attached hydrogen (secondary N) is 1. The monoisotopic (exact) mass is 403 g/mol. The predicted octanol–water partition coefficient (Wildman–Crippen LogP) is 3.58. The highest BCUT2D eigenvalue weighted by Gasteiger charge is 2.17. The molecule has 1 aromatic heterocycles. The topological polar surface area (TPSA) is 81.2 Å². The normalized spacial score (nSPS) is 11.8. The van der Waals surface area contributed by atoms with Gasteiger partial charge in [0.05, 0.1) is 18.1 Å². The van der Waals surface area contributed by atoms with Gasteiger partial charge in [0.25, 0.3) is 0 Å². The standard InChI is InChI=1S/C14H14ClN3O3S3/c1-8(23-10-5-3-9(15)4-6-10)12(20)16-13-17-18-14(24-13)22-7-11(19)21-2/h3-6,8H,7H2,1-2H3,(H,16,17,20). The highest BCUT2D eigenvalue weighted by Crippen LogP contribution is 2.28. The summed E-state index contributed by atoms with van der Waals surface area (Å²) in [4.78, 5) is 24.2. The summed E-state index contributed by atoms with van der Waals surface area (Å²) < 4.78 is 5.15. The van der Waals surface area contributed by atoms with E-state index in [1.165, 1.54) is 42.0 Å². The second kappa shape index (κ2) is 9.26. The van der Waals surface area contributed by atoms with Crippen molar-refractivity contribution in [2.75, 3.05) is 18.2 Å². The maximum absolute atomic E-state index is 12.2. The van der Waals surface area contributed by atoms with Crippen molar-refractivity contribution in [1.82, 2.24) is 10.2 Å². The van der Waals surface area contributed by atoms with Crippen LogP contribution in [0.3, 0.4) is 0 Å². The summed E-state index contributed by atoms with van der Waals surface area (Å²) in [6, 6.07) is 7.29. The maximum Gasteiger partial charge on any atom is 0.316 e. The average molecular weight is 404 g/mol. The Kier molecular flexibility index (Phi) is 7.35. The zero-order chi connectivity index (χ0) is 17.5. The average Bonchev–Trinajstić information content (AvgIpc) is 3.02. The van der Waals surface area contributed by atoms with Gasteiger partial charge in [0.2, 0.25) is 11.0 Å². The van der Waals surface area contributed by atoms with Crippen LogP contribution in [-0.2, 0) is 14.3 Å². The Morgan fingerprint density at radius 1 is 1.33 bits per heavy atom. The van der Waals surface area contributed by atoms with Gasteiger partial charge in [-0.3, -0.25) is 14.9 Å². The fraction of sp³-hybridized carbons (Fsp3) is 0.286. The number of carbonyl (C=O) groups excluding carboxylic acids is 2. The van der Waals surface area contributed by atoms with E-state index in [0.717, 1.165) is 4.90 Å². The molecule has 1 unspecified atom stereocenters. The number of hydrogen-bond acceptors (Lipinski definition) is 8. The minimum absolute atomic E-state index is 0.155. The van der Waals surface area contributed by atoms with Crippen molar-refractivity contribution < 1.29 is 14.3 Å². The van der Waals surface area contributed by atoms with Gasteiger partial charge in [-0.2, -0.15) is 0 Å². The summed E-state index contributed by atoms with van der Waals surface area (Å²) in [5.41, 5.74) is 0. The van der Waals surface area contributed by atoms with E-state index in [0.29, 0.717) is 14.5 Å². The van der Waals surface area contributed by atoms with Gasteiger partial charge in [-0.15, -0.1) is 22.0 Å². The molecule has 128 valence electrons. The molecule has 0 bridgehead atoms. The van der Waals surface area contributed by atoms with Crippen molar-refractivity contribution in [3.05, 3.63) is 29.3 Å². The Balaban J connectivity index is 1.86. The van der Waals surface area contributed by atoms with E-state index >= 15 is 0 Å². The number of aromatic nitrogens is 2. The Hall–Kier alpha value is -1.29. The number of carbonyl (C=O) groups is 2. The van der Waals surface area contributed by atoms with Crippen LogP contribution in [0.15, 0.2) is 33.5 Å². The van der Waals surface area contributed by atoms with Crippen molar-refractivity contribution in [2.45, 2.75) is 21.4 Å². The highest BCUT2D eigenvalue weighted by molar-refractivity contribution is 8.01. The molecule has 0 saturated carbocycles. The molecule has 10 heteroatoms. The van der Waals surface area contributed by atoms with Crippen LogP contribution in [0.5, 0.6) is 0 Å². The number of ether oxygens (including phenoxy) is 1. The van der Waals surface area contributed by atoms with Gasteiger partial charge >= 0.3 is 5.97 Å². The quantitative estimate of drug-likeness (QED) is 0.430. The molecular weight excluding hydrogens is 390 g/mol. The van der Waals surface area contributed by atoms with Gasteiger partial charge in [-0.1, -0.05) is 34.7 Å². The van der Waals surface area contributed by atoms with Crippen molar-refractivity contribution in [2.24, 2.45) is 0 Å². The lowest BCUT2D eigenvalue weighted by atomic mass is 10.4. The number of methoxy groups -OCH3 is 1. The molecule has 0 aliphatic heterocycles. The first-order valence-corrected chi connectivity index (χ1v) is 9.80.